The fourth-order valence-corrected chi connectivity index (χ4v) is 4.91. The smallest absolute Gasteiger partial charge is 0.354 e. The predicted molar refractivity (Wildman–Crippen MR) is 165 cm³/mol. The number of aromatic amines is 1. The lowest BCUT2D eigenvalue weighted by atomic mass is 10.0. The molecule has 0 aliphatic rings. The summed E-state index contributed by atoms with van der Waals surface area (Å²) in [4.78, 5) is 24.0. The van der Waals surface area contributed by atoms with Gasteiger partial charge in [-0.25, -0.2) is 13.6 Å². The fraction of sp³-hybridized carbons (Fsp3) is 0.367. The number of halogens is 3. The molecule has 0 aliphatic heterocycles. The molecule has 0 bridgehead atoms. The Labute approximate surface area is 252 Å². The van der Waals surface area contributed by atoms with Gasteiger partial charge in [-0.2, -0.15) is 4.98 Å². The van der Waals surface area contributed by atoms with Crippen LogP contribution >= 0.6 is 11.6 Å². The molecule has 2 aromatic heterocycles. The van der Waals surface area contributed by atoms with Crippen molar-refractivity contribution in [1.29, 1.82) is 0 Å². The van der Waals surface area contributed by atoms with Gasteiger partial charge in [0.15, 0.2) is 5.82 Å². The number of H-pyrrole nitrogens is 1. The summed E-state index contributed by atoms with van der Waals surface area (Å²) in [6, 6.07) is 11.7. The summed E-state index contributed by atoms with van der Waals surface area (Å²) in [5, 5.41) is 22.6. The molecule has 8 N–H and O–H groups in total. The summed E-state index contributed by atoms with van der Waals surface area (Å²) in [5.41, 5.74) is 14.0. The van der Waals surface area contributed by atoms with E-state index in [-0.39, 0.29) is 41.7 Å². The molecule has 13 heteroatoms. The Bertz CT molecular complexity index is 1610. The van der Waals surface area contributed by atoms with Crippen molar-refractivity contribution in [1.82, 2.24) is 19.9 Å². The van der Waals surface area contributed by atoms with Gasteiger partial charge in [-0.1, -0.05) is 23.7 Å². The van der Waals surface area contributed by atoms with Crippen LogP contribution in [0.4, 0.5) is 8.78 Å². The normalized spacial score (nSPS) is 13.5. The number of nitrogens with one attached hydrogen (secondary N) is 2. The Hall–Kier alpha value is -3.68. The first-order valence-electron chi connectivity index (χ1n) is 14.0. The van der Waals surface area contributed by atoms with Crippen LogP contribution in [-0.2, 0) is 13.0 Å². The second kappa shape index (κ2) is 15.2. The van der Waals surface area contributed by atoms with Crippen LogP contribution in [-0.4, -0.2) is 69.1 Å². The number of aryl methyl sites for hydroxylation is 1. The predicted octanol–water partition coefficient (Wildman–Crippen LogP) is 2.98. The highest BCUT2D eigenvalue weighted by Gasteiger charge is 2.16. The number of aromatic nitrogens is 3. The molecule has 0 radical (unpaired) electrons. The lowest BCUT2D eigenvalue weighted by Crippen LogP contribution is -2.33. The summed E-state index contributed by atoms with van der Waals surface area (Å²) in [6.07, 6.45) is 4.08. The molecule has 4 rings (SSSR count). The Morgan fingerprint density at radius 3 is 2.60 bits per heavy atom. The third-order valence-electron chi connectivity index (χ3n) is 7.12. The Kier molecular flexibility index (Phi) is 11.4. The summed E-state index contributed by atoms with van der Waals surface area (Å²) in [7, 11) is 0. The first kappa shape index (κ1) is 32.2. The number of fused-ring (bicyclic) bond motifs is 1. The highest BCUT2D eigenvalue weighted by Crippen LogP contribution is 2.31. The Balaban J connectivity index is 1.49. The van der Waals surface area contributed by atoms with Crippen LogP contribution in [0.25, 0.3) is 28.0 Å². The van der Waals surface area contributed by atoms with Crippen molar-refractivity contribution < 1.29 is 19.0 Å². The van der Waals surface area contributed by atoms with Crippen LogP contribution in [0.15, 0.2) is 58.4 Å². The molecule has 0 aliphatic carbocycles. The van der Waals surface area contributed by atoms with Gasteiger partial charge in [-0.05, 0) is 67.1 Å². The van der Waals surface area contributed by atoms with Crippen LogP contribution < -0.4 is 22.5 Å². The van der Waals surface area contributed by atoms with E-state index in [9.17, 15) is 14.3 Å². The van der Waals surface area contributed by atoms with Gasteiger partial charge in [0, 0.05) is 42.3 Å². The Morgan fingerprint density at radius 1 is 1.14 bits per heavy atom. The summed E-state index contributed by atoms with van der Waals surface area (Å²) < 4.78 is 28.9. The minimum atomic E-state index is -0.800. The van der Waals surface area contributed by atoms with Gasteiger partial charge in [0.2, 0.25) is 0 Å². The maximum atomic E-state index is 15.1. The first-order valence-corrected chi connectivity index (χ1v) is 14.4. The molecule has 0 spiro atoms. The first-order chi connectivity index (χ1) is 20.7. The van der Waals surface area contributed by atoms with E-state index in [0.717, 1.165) is 11.1 Å². The van der Waals surface area contributed by atoms with Gasteiger partial charge in [0.05, 0.1) is 29.6 Å². The minimum absolute atomic E-state index is 0.0139. The van der Waals surface area contributed by atoms with E-state index in [4.69, 9.17) is 28.2 Å². The van der Waals surface area contributed by atoms with Gasteiger partial charge in [0.25, 0.3) is 0 Å². The SMILES string of the molecule is NC(CF)=NCC[C@H](CO)NCc1ccc(-n2cc3cc(-c4cc(CCC[C@@H](N)CO)cc(Cl)c4F)[nH]c3nc2=O)cc1. The zero-order chi connectivity index (χ0) is 30.9. The molecule has 0 saturated carbocycles. The van der Waals surface area contributed by atoms with Crippen LogP contribution in [0.3, 0.4) is 0 Å². The molecule has 43 heavy (non-hydrogen) atoms. The van der Waals surface area contributed by atoms with Crippen LogP contribution in [0.1, 0.15) is 30.4 Å². The van der Waals surface area contributed by atoms with Crippen molar-refractivity contribution in [2.45, 2.75) is 44.3 Å². The number of hydrogen-bond acceptors (Lipinski definition) is 7. The molecule has 2 aromatic carbocycles. The topological polar surface area (TPSA) is 168 Å². The number of hydrogen-bond donors (Lipinski definition) is 6. The van der Waals surface area contributed by atoms with Crippen LogP contribution in [0, 0.1) is 5.82 Å². The number of amidine groups is 1. The summed E-state index contributed by atoms with van der Waals surface area (Å²) >= 11 is 6.20. The third-order valence-corrected chi connectivity index (χ3v) is 7.40. The number of alkyl halides is 1. The second-order valence-electron chi connectivity index (χ2n) is 10.4. The Morgan fingerprint density at radius 2 is 1.91 bits per heavy atom. The largest absolute Gasteiger partial charge is 0.395 e. The molecule has 2 atom stereocenters. The molecule has 4 aromatic rings. The maximum absolute atomic E-state index is 15.1. The number of nitrogens with zero attached hydrogens (tertiary/aromatic N) is 3. The van der Waals surface area contributed by atoms with Crippen molar-refractivity contribution in [2.24, 2.45) is 16.5 Å². The zero-order valence-electron chi connectivity index (χ0n) is 23.6. The van der Waals surface area contributed by atoms with Gasteiger partial charge < -0.3 is 32.0 Å². The van der Waals surface area contributed by atoms with Gasteiger partial charge in [-0.15, -0.1) is 0 Å². The number of benzene rings is 2. The number of aliphatic hydroxyl groups is 2. The van der Waals surface area contributed by atoms with E-state index in [0.29, 0.717) is 61.2 Å². The van der Waals surface area contributed by atoms with Crippen molar-refractivity contribution in [3.05, 3.63) is 81.1 Å². The fourth-order valence-electron chi connectivity index (χ4n) is 4.67. The molecule has 0 saturated heterocycles. The van der Waals surface area contributed by atoms with Crippen LogP contribution in [0.2, 0.25) is 5.02 Å². The number of aliphatic imine (C=N–C) groups is 1. The molecule has 0 amide bonds. The van der Waals surface area contributed by atoms with Gasteiger partial charge in [-0.3, -0.25) is 9.56 Å². The van der Waals surface area contributed by atoms with E-state index in [2.05, 4.69) is 20.3 Å². The van der Waals surface area contributed by atoms with E-state index in [1.165, 1.54) is 4.57 Å². The lowest BCUT2D eigenvalue weighted by Gasteiger charge is -2.15. The summed E-state index contributed by atoms with van der Waals surface area (Å²) in [6.45, 7) is -0.239. The molecule has 10 nitrogen and oxygen atoms in total. The molecular weight excluding hydrogens is 580 g/mol. The quantitative estimate of drug-likeness (QED) is 0.0883. The highest BCUT2D eigenvalue weighted by atomic mass is 35.5. The maximum Gasteiger partial charge on any atom is 0.354 e. The molecule has 0 unspecified atom stereocenters. The van der Waals surface area contributed by atoms with Crippen molar-refractivity contribution >= 4 is 28.5 Å². The average molecular weight is 616 g/mol. The molecule has 230 valence electrons. The average Bonchev–Trinajstić information content (AvgIpc) is 3.42. The summed E-state index contributed by atoms with van der Waals surface area (Å²) in [5.74, 6) is -0.646. The lowest BCUT2D eigenvalue weighted by molar-refractivity contribution is 0.236. The molecular formula is C30H36ClF2N7O3. The van der Waals surface area contributed by atoms with E-state index >= 15 is 4.39 Å². The molecule has 2 heterocycles. The van der Waals surface area contributed by atoms with Crippen molar-refractivity contribution in [3.8, 4) is 16.9 Å². The number of rotatable bonds is 15. The van der Waals surface area contributed by atoms with Gasteiger partial charge >= 0.3 is 5.69 Å². The zero-order valence-corrected chi connectivity index (χ0v) is 24.3. The van der Waals surface area contributed by atoms with E-state index in [1.807, 2.05) is 12.1 Å². The second-order valence-corrected chi connectivity index (χ2v) is 10.8. The molecule has 0 fully saturated rings. The van der Waals surface area contributed by atoms with Crippen molar-refractivity contribution in [3.63, 3.8) is 0 Å². The van der Waals surface area contributed by atoms with E-state index < -0.39 is 18.2 Å². The monoisotopic (exact) mass is 615 g/mol. The van der Waals surface area contributed by atoms with Gasteiger partial charge in [0.1, 0.15) is 18.2 Å². The van der Waals surface area contributed by atoms with Crippen LogP contribution in [0.5, 0.6) is 0 Å². The van der Waals surface area contributed by atoms with E-state index in [1.54, 1.807) is 36.5 Å². The number of aliphatic hydroxyl groups excluding tert-OH is 2. The minimum Gasteiger partial charge on any atom is -0.395 e. The number of nitrogens with two attached hydrogens (primary N) is 2. The third kappa shape index (κ3) is 8.46. The highest BCUT2D eigenvalue weighted by molar-refractivity contribution is 6.31. The standard InChI is InChI=1S/C30H36ClF2N7O3/c31-25-11-19(2-1-3-21(34)16-41)10-24(28(25)33)26-12-20-15-40(30(43)39-29(20)38-26)23-6-4-18(5-7-23)14-37-22(17-42)8-9-36-27(35)13-32/h4-7,10-12,15,21-22,37,41-42H,1-3,8-9,13-14,16-17,34H2,(H2,35,36)(H,38,39,43)/t21-,22-/m1/s1. The van der Waals surface area contributed by atoms with Crippen molar-refractivity contribution in [2.75, 3.05) is 26.4 Å².